The van der Waals surface area contributed by atoms with Crippen molar-refractivity contribution < 1.29 is 0 Å². The zero-order chi connectivity index (χ0) is 9.97. The first-order valence-corrected chi connectivity index (χ1v) is 5.25. The first kappa shape index (κ1) is 9.53. The largest absolute Gasteiger partial charge is 0.358 e. The summed E-state index contributed by atoms with van der Waals surface area (Å²) in [6.45, 7) is 2.21. The van der Waals surface area contributed by atoms with Crippen molar-refractivity contribution in [3.8, 4) is 0 Å². The van der Waals surface area contributed by atoms with Gasteiger partial charge in [-0.15, -0.1) is 0 Å². The highest BCUT2D eigenvalue weighted by molar-refractivity contribution is 5.55. The van der Waals surface area contributed by atoms with Crippen LogP contribution in [0.1, 0.15) is 12.0 Å². The topological polar surface area (TPSA) is 6.48 Å². The Morgan fingerprint density at radius 1 is 1.29 bits per heavy atom. The van der Waals surface area contributed by atoms with Crippen molar-refractivity contribution in [3.05, 3.63) is 29.8 Å². The van der Waals surface area contributed by atoms with Crippen LogP contribution in [0.2, 0.25) is 0 Å². The number of rotatable bonds is 2. The van der Waals surface area contributed by atoms with Gasteiger partial charge in [0.1, 0.15) is 0 Å². The molecule has 1 aliphatic rings. The second-order valence-corrected chi connectivity index (χ2v) is 4.22. The van der Waals surface area contributed by atoms with Gasteiger partial charge < -0.3 is 4.90 Å². The molecule has 0 fully saturated rings. The number of anilines is 1. The van der Waals surface area contributed by atoms with Crippen LogP contribution in [0.3, 0.4) is 0 Å². The lowest BCUT2D eigenvalue weighted by atomic mass is 10.0. The summed E-state index contributed by atoms with van der Waals surface area (Å²) in [5, 5.41) is 0. The van der Waals surface area contributed by atoms with Gasteiger partial charge in [0.05, 0.1) is 6.67 Å². The highest BCUT2D eigenvalue weighted by atomic mass is 15.3. The number of hydrogen-bond acceptors (Lipinski definition) is 2. The van der Waals surface area contributed by atoms with Crippen molar-refractivity contribution >= 4 is 5.69 Å². The molecule has 0 aliphatic carbocycles. The third kappa shape index (κ3) is 1.90. The molecule has 0 unspecified atom stereocenters. The molecule has 0 atom stereocenters. The lowest BCUT2D eigenvalue weighted by Crippen LogP contribution is -2.37. The van der Waals surface area contributed by atoms with Crippen LogP contribution < -0.4 is 4.90 Å². The van der Waals surface area contributed by atoms with Gasteiger partial charge in [-0.3, -0.25) is 4.90 Å². The van der Waals surface area contributed by atoms with Crippen LogP contribution in [0.5, 0.6) is 0 Å². The zero-order valence-corrected chi connectivity index (χ0v) is 9.03. The van der Waals surface area contributed by atoms with E-state index < -0.39 is 0 Å². The van der Waals surface area contributed by atoms with E-state index in [1.54, 1.807) is 0 Å². The number of fused-ring (bicyclic) bond motifs is 1. The molecule has 0 aromatic heterocycles. The van der Waals surface area contributed by atoms with Crippen LogP contribution in [0.15, 0.2) is 24.3 Å². The van der Waals surface area contributed by atoms with Gasteiger partial charge in [-0.25, -0.2) is 0 Å². The number of hydrogen-bond donors (Lipinski definition) is 0. The maximum absolute atomic E-state index is 2.46. The molecule has 1 heterocycles. The maximum atomic E-state index is 2.46. The maximum Gasteiger partial charge on any atom is 0.0702 e. The predicted molar refractivity (Wildman–Crippen MR) is 60.7 cm³/mol. The minimum absolute atomic E-state index is 1.02. The van der Waals surface area contributed by atoms with Crippen LogP contribution in [-0.4, -0.2) is 32.2 Å². The second kappa shape index (κ2) is 4.01. The van der Waals surface area contributed by atoms with E-state index in [1.807, 2.05) is 0 Å². The number of nitrogens with zero attached hydrogens (tertiary/aromatic N) is 2. The summed E-state index contributed by atoms with van der Waals surface area (Å²) in [5.74, 6) is 0. The Balaban J connectivity index is 2.22. The minimum Gasteiger partial charge on any atom is -0.358 e. The highest BCUT2D eigenvalue weighted by Crippen LogP contribution is 2.26. The van der Waals surface area contributed by atoms with E-state index in [4.69, 9.17) is 0 Å². The average molecular weight is 190 g/mol. The molecule has 76 valence electrons. The van der Waals surface area contributed by atoms with Crippen molar-refractivity contribution in [2.45, 2.75) is 12.8 Å². The van der Waals surface area contributed by atoms with Crippen molar-refractivity contribution in [1.29, 1.82) is 0 Å². The number of aryl methyl sites for hydroxylation is 1. The minimum atomic E-state index is 1.02. The normalized spacial score (nSPS) is 15.8. The Kier molecular flexibility index (Phi) is 2.73. The molecule has 2 nitrogen and oxygen atoms in total. The summed E-state index contributed by atoms with van der Waals surface area (Å²) >= 11 is 0. The highest BCUT2D eigenvalue weighted by Gasteiger charge is 2.15. The van der Waals surface area contributed by atoms with E-state index in [2.05, 4.69) is 48.2 Å². The van der Waals surface area contributed by atoms with E-state index in [9.17, 15) is 0 Å². The van der Waals surface area contributed by atoms with Crippen molar-refractivity contribution in [2.24, 2.45) is 0 Å². The summed E-state index contributed by atoms with van der Waals surface area (Å²) in [6.07, 6.45) is 2.52. The SMILES string of the molecule is CN(C)CN1CCCc2ccccc21. The molecule has 0 bridgehead atoms. The lowest BCUT2D eigenvalue weighted by molar-refractivity contribution is 0.396. The molecule has 0 saturated carbocycles. The quantitative estimate of drug-likeness (QED) is 0.703. The van der Waals surface area contributed by atoms with Gasteiger partial charge in [0.2, 0.25) is 0 Å². The third-order valence-electron chi connectivity index (χ3n) is 2.66. The van der Waals surface area contributed by atoms with E-state index >= 15 is 0 Å². The molecular formula is C12H18N2. The third-order valence-corrected chi connectivity index (χ3v) is 2.66. The van der Waals surface area contributed by atoms with Crippen LogP contribution >= 0.6 is 0 Å². The van der Waals surface area contributed by atoms with E-state index in [0.717, 1.165) is 6.67 Å². The smallest absolute Gasteiger partial charge is 0.0702 e. The summed E-state index contributed by atoms with van der Waals surface area (Å²) in [6, 6.07) is 8.75. The fourth-order valence-corrected chi connectivity index (χ4v) is 2.10. The zero-order valence-electron chi connectivity index (χ0n) is 9.03. The number of benzene rings is 1. The Bertz CT molecular complexity index is 307. The summed E-state index contributed by atoms with van der Waals surface area (Å²) in [5.41, 5.74) is 2.92. The van der Waals surface area contributed by atoms with Crippen LogP contribution in [0.25, 0.3) is 0 Å². The molecule has 0 spiro atoms. The molecular weight excluding hydrogens is 172 g/mol. The van der Waals surface area contributed by atoms with Gasteiger partial charge in [0, 0.05) is 12.2 Å². The molecule has 1 aromatic carbocycles. The van der Waals surface area contributed by atoms with Gasteiger partial charge in [0.25, 0.3) is 0 Å². The monoisotopic (exact) mass is 190 g/mol. The fourth-order valence-electron chi connectivity index (χ4n) is 2.10. The van der Waals surface area contributed by atoms with Gasteiger partial charge in [-0.05, 0) is 38.6 Å². The van der Waals surface area contributed by atoms with Crippen LogP contribution in [-0.2, 0) is 6.42 Å². The Morgan fingerprint density at radius 2 is 2.07 bits per heavy atom. The summed E-state index contributed by atoms with van der Waals surface area (Å²) in [7, 11) is 4.24. The first-order valence-electron chi connectivity index (χ1n) is 5.25. The summed E-state index contributed by atoms with van der Waals surface area (Å²) in [4.78, 5) is 4.68. The molecule has 0 N–H and O–H groups in total. The molecule has 1 aliphatic heterocycles. The molecule has 0 amide bonds. The molecule has 2 heteroatoms. The van der Waals surface area contributed by atoms with Gasteiger partial charge in [0.15, 0.2) is 0 Å². The fraction of sp³-hybridized carbons (Fsp3) is 0.500. The molecule has 0 saturated heterocycles. The standard InChI is InChI=1S/C12H18N2/c1-13(2)10-14-9-5-7-11-6-3-4-8-12(11)14/h3-4,6,8H,5,7,9-10H2,1-2H3. The molecule has 14 heavy (non-hydrogen) atoms. The summed E-state index contributed by atoms with van der Waals surface area (Å²) < 4.78 is 0. The van der Waals surface area contributed by atoms with E-state index in [1.165, 1.54) is 30.6 Å². The van der Waals surface area contributed by atoms with Crippen molar-refractivity contribution in [2.75, 3.05) is 32.2 Å². The Labute approximate surface area is 86.1 Å². The molecule has 2 rings (SSSR count). The van der Waals surface area contributed by atoms with Gasteiger partial charge in [-0.1, -0.05) is 18.2 Å². The second-order valence-electron chi connectivity index (χ2n) is 4.22. The molecule has 0 radical (unpaired) electrons. The van der Waals surface area contributed by atoms with E-state index in [0.29, 0.717) is 0 Å². The molecule has 1 aromatic rings. The predicted octanol–water partition coefficient (Wildman–Crippen LogP) is 1.96. The lowest BCUT2D eigenvalue weighted by Gasteiger charge is -2.33. The van der Waals surface area contributed by atoms with Crippen LogP contribution in [0.4, 0.5) is 5.69 Å². The van der Waals surface area contributed by atoms with Gasteiger partial charge in [-0.2, -0.15) is 0 Å². The Morgan fingerprint density at radius 3 is 2.86 bits per heavy atom. The first-order chi connectivity index (χ1) is 6.77. The van der Waals surface area contributed by atoms with E-state index in [-0.39, 0.29) is 0 Å². The van der Waals surface area contributed by atoms with Crippen molar-refractivity contribution in [1.82, 2.24) is 4.90 Å². The average Bonchev–Trinajstić information content (AvgIpc) is 2.18. The van der Waals surface area contributed by atoms with Gasteiger partial charge >= 0.3 is 0 Å². The Hall–Kier alpha value is -1.02. The van der Waals surface area contributed by atoms with Crippen molar-refractivity contribution in [3.63, 3.8) is 0 Å². The number of para-hydroxylation sites is 1. The van der Waals surface area contributed by atoms with Crippen LogP contribution in [0, 0.1) is 0 Å².